The van der Waals surface area contributed by atoms with Gasteiger partial charge in [0.15, 0.2) is 0 Å². The molecule has 4 rings (SSSR count). The van der Waals surface area contributed by atoms with Crippen LogP contribution < -0.4 is 0 Å². The Balaban J connectivity index is 1.53. The van der Waals surface area contributed by atoms with Crippen LogP contribution in [0.3, 0.4) is 0 Å². The van der Waals surface area contributed by atoms with Gasteiger partial charge in [0.05, 0.1) is 37.6 Å². The normalized spacial score (nSPS) is 16.2. The fraction of sp³-hybridized carbons (Fsp3) is 0.273. The van der Waals surface area contributed by atoms with Gasteiger partial charge in [-0.2, -0.15) is 0 Å². The maximum absolute atomic E-state index is 12.8. The van der Waals surface area contributed by atoms with Gasteiger partial charge in [0.25, 0.3) is 0 Å². The Morgan fingerprint density at radius 2 is 1.70 bits per heavy atom. The molecule has 0 fully saturated rings. The third-order valence-electron chi connectivity index (χ3n) is 5.15. The van der Waals surface area contributed by atoms with Crippen molar-refractivity contribution < 1.29 is 9.90 Å². The second-order valence-electron chi connectivity index (χ2n) is 6.98. The summed E-state index contributed by atoms with van der Waals surface area (Å²) < 4.78 is 2.13. The smallest absolute Gasteiger partial charge is 0.227 e. The number of amides is 1. The number of carbonyl (C=O) groups excluding carboxylic acids is 1. The summed E-state index contributed by atoms with van der Waals surface area (Å²) in [4.78, 5) is 19.1. The molecule has 1 atom stereocenters. The van der Waals surface area contributed by atoms with Crippen LogP contribution in [0, 0.1) is 0 Å². The molecule has 5 heteroatoms. The molecule has 3 aromatic rings. The monoisotopic (exact) mass is 361 g/mol. The molecule has 138 valence electrons. The van der Waals surface area contributed by atoms with Gasteiger partial charge in [-0.15, -0.1) is 0 Å². The van der Waals surface area contributed by atoms with Crippen LogP contribution in [0.4, 0.5) is 0 Å². The predicted octanol–water partition coefficient (Wildman–Crippen LogP) is 2.42. The van der Waals surface area contributed by atoms with E-state index in [0.717, 1.165) is 23.5 Å². The van der Waals surface area contributed by atoms with Gasteiger partial charge in [0.1, 0.15) is 0 Å². The highest BCUT2D eigenvalue weighted by Gasteiger charge is 2.32. The van der Waals surface area contributed by atoms with Crippen LogP contribution in [0.2, 0.25) is 0 Å². The first-order valence-electron chi connectivity index (χ1n) is 9.25. The number of fused-ring (bicyclic) bond motifs is 1. The summed E-state index contributed by atoms with van der Waals surface area (Å²) in [5, 5.41) is 9.90. The van der Waals surface area contributed by atoms with E-state index in [9.17, 15) is 9.90 Å². The first-order chi connectivity index (χ1) is 13.2. The zero-order chi connectivity index (χ0) is 18.6. The van der Waals surface area contributed by atoms with Gasteiger partial charge in [0.2, 0.25) is 5.91 Å². The standard InChI is InChI=1S/C22H23N3O2/c26-15-19-12-21-20(23-16-24(21)13-18-9-5-2-6-10-18)14-25(19)22(27)11-17-7-3-1-4-8-17/h1-10,16,19,26H,11-15H2/t19-/m0/s1. The minimum atomic E-state index is -0.208. The summed E-state index contributed by atoms with van der Waals surface area (Å²) in [6.45, 7) is 1.16. The highest BCUT2D eigenvalue weighted by Crippen LogP contribution is 2.24. The minimum absolute atomic E-state index is 0.0310. The lowest BCUT2D eigenvalue weighted by molar-refractivity contribution is -0.135. The quantitative estimate of drug-likeness (QED) is 0.759. The number of aromatic nitrogens is 2. The van der Waals surface area contributed by atoms with Crippen LogP contribution in [0.1, 0.15) is 22.5 Å². The van der Waals surface area contributed by atoms with E-state index in [4.69, 9.17) is 0 Å². The summed E-state index contributed by atoms with van der Waals surface area (Å²) >= 11 is 0. The van der Waals surface area contributed by atoms with E-state index in [0.29, 0.717) is 19.4 Å². The number of hydrogen-bond acceptors (Lipinski definition) is 3. The van der Waals surface area contributed by atoms with E-state index in [-0.39, 0.29) is 18.6 Å². The van der Waals surface area contributed by atoms with E-state index in [1.54, 1.807) is 4.90 Å². The minimum Gasteiger partial charge on any atom is -0.394 e. The number of imidazole rings is 1. The van der Waals surface area contributed by atoms with E-state index >= 15 is 0 Å². The maximum Gasteiger partial charge on any atom is 0.227 e. The summed E-state index contributed by atoms with van der Waals surface area (Å²) in [6, 6.07) is 19.8. The molecule has 0 spiro atoms. The van der Waals surface area contributed by atoms with Crippen molar-refractivity contribution in [2.45, 2.75) is 32.0 Å². The topological polar surface area (TPSA) is 58.4 Å². The molecular weight excluding hydrogens is 338 g/mol. The zero-order valence-corrected chi connectivity index (χ0v) is 15.2. The molecule has 0 bridgehead atoms. The number of rotatable bonds is 5. The van der Waals surface area contributed by atoms with Gasteiger partial charge < -0.3 is 14.6 Å². The summed E-state index contributed by atoms with van der Waals surface area (Å²) in [5.74, 6) is 0.0310. The van der Waals surface area contributed by atoms with Crippen molar-refractivity contribution >= 4 is 5.91 Å². The molecule has 1 N–H and O–H groups in total. The number of carbonyl (C=O) groups is 1. The van der Waals surface area contributed by atoms with Gasteiger partial charge in [-0.1, -0.05) is 60.7 Å². The Labute approximate surface area is 158 Å². The van der Waals surface area contributed by atoms with E-state index in [2.05, 4.69) is 21.7 Å². The second-order valence-corrected chi connectivity index (χ2v) is 6.98. The van der Waals surface area contributed by atoms with Crippen molar-refractivity contribution in [2.75, 3.05) is 6.61 Å². The molecule has 0 saturated heterocycles. The lowest BCUT2D eigenvalue weighted by Crippen LogP contribution is -2.47. The molecule has 5 nitrogen and oxygen atoms in total. The average molecular weight is 361 g/mol. The summed E-state index contributed by atoms with van der Waals surface area (Å²) in [5.41, 5.74) is 4.24. The molecule has 0 aliphatic carbocycles. The number of aliphatic hydroxyl groups is 1. The Morgan fingerprint density at radius 3 is 2.37 bits per heavy atom. The van der Waals surface area contributed by atoms with E-state index in [1.165, 1.54) is 5.56 Å². The van der Waals surface area contributed by atoms with Crippen molar-refractivity contribution in [1.82, 2.24) is 14.5 Å². The average Bonchev–Trinajstić information content (AvgIpc) is 3.10. The Hall–Kier alpha value is -2.92. The maximum atomic E-state index is 12.8. The molecular formula is C22H23N3O2. The van der Waals surface area contributed by atoms with Crippen LogP contribution >= 0.6 is 0 Å². The van der Waals surface area contributed by atoms with Crippen molar-refractivity contribution in [1.29, 1.82) is 0 Å². The number of aliphatic hydroxyl groups excluding tert-OH is 1. The Bertz CT molecular complexity index is 906. The number of benzene rings is 2. The first-order valence-corrected chi connectivity index (χ1v) is 9.25. The highest BCUT2D eigenvalue weighted by molar-refractivity contribution is 5.79. The lowest BCUT2D eigenvalue weighted by Gasteiger charge is -2.34. The summed E-state index contributed by atoms with van der Waals surface area (Å²) in [7, 11) is 0. The Morgan fingerprint density at radius 1 is 1.04 bits per heavy atom. The van der Waals surface area contributed by atoms with Gasteiger partial charge in [-0.25, -0.2) is 4.98 Å². The van der Waals surface area contributed by atoms with Gasteiger partial charge in [0, 0.05) is 18.7 Å². The molecule has 1 aliphatic rings. The molecule has 0 unspecified atom stereocenters. The molecule has 2 aromatic carbocycles. The Kier molecular flexibility index (Phi) is 5.03. The molecule has 1 amide bonds. The van der Waals surface area contributed by atoms with Gasteiger partial charge in [-0.3, -0.25) is 4.79 Å². The van der Waals surface area contributed by atoms with Crippen LogP contribution in [0.15, 0.2) is 67.0 Å². The summed E-state index contributed by atoms with van der Waals surface area (Å²) in [6.07, 6.45) is 2.81. The third-order valence-corrected chi connectivity index (χ3v) is 5.15. The second kappa shape index (κ2) is 7.76. The zero-order valence-electron chi connectivity index (χ0n) is 15.2. The molecule has 0 radical (unpaired) electrons. The van der Waals surface area contributed by atoms with Crippen molar-refractivity contribution in [3.05, 3.63) is 89.5 Å². The molecule has 1 aliphatic heterocycles. The van der Waals surface area contributed by atoms with Gasteiger partial charge in [-0.05, 0) is 11.1 Å². The van der Waals surface area contributed by atoms with Crippen molar-refractivity contribution in [2.24, 2.45) is 0 Å². The van der Waals surface area contributed by atoms with E-state index in [1.807, 2.05) is 54.9 Å². The SMILES string of the molecule is O=C(Cc1ccccc1)N1Cc2ncn(Cc3ccccc3)c2C[C@H]1CO. The molecule has 1 aromatic heterocycles. The van der Waals surface area contributed by atoms with Crippen molar-refractivity contribution in [3.8, 4) is 0 Å². The first kappa shape index (κ1) is 17.5. The van der Waals surface area contributed by atoms with Crippen LogP contribution in [-0.2, 0) is 30.7 Å². The predicted molar refractivity (Wildman–Crippen MR) is 103 cm³/mol. The van der Waals surface area contributed by atoms with Crippen LogP contribution in [0.25, 0.3) is 0 Å². The van der Waals surface area contributed by atoms with Gasteiger partial charge >= 0.3 is 0 Å². The van der Waals surface area contributed by atoms with Crippen molar-refractivity contribution in [3.63, 3.8) is 0 Å². The lowest BCUT2D eigenvalue weighted by atomic mass is 10.0. The molecule has 0 saturated carbocycles. The fourth-order valence-electron chi connectivity index (χ4n) is 3.68. The number of nitrogens with zero attached hydrogens (tertiary/aromatic N) is 3. The molecule has 27 heavy (non-hydrogen) atoms. The van der Waals surface area contributed by atoms with E-state index < -0.39 is 0 Å². The highest BCUT2D eigenvalue weighted by atomic mass is 16.3. The van der Waals surface area contributed by atoms with Crippen LogP contribution in [-0.4, -0.2) is 38.1 Å². The fourth-order valence-corrected chi connectivity index (χ4v) is 3.68. The largest absolute Gasteiger partial charge is 0.394 e. The number of hydrogen-bond donors (Lipinski definition) is 1. The van der Waals surface area contributed by atoms with Crippen LogP contribution in [0.5, 0.6) is 0 Å². The molecule has 2 heterocycles. The third kappa shape index (κ3) is 3.78.